The van der Waals surface area contributed by atoms with Gasteiger partial charge in [-0.3, -0.25) is 19.6 Å². The van der Waals surface area contributed by atoms with Gasteiger partial charge in [0.1, 0.15) is 11.5 Å². The van der Waals surface area contributed by atoms with Crippen molar-refractivity contribution in [3.05, 3.63) is 104 Å². The fourth-order valence-electron chi connectivity index (χ4n) is 4.34. The van der Waals surface area contributed by atoms with Crippen LogP contribution in [0.5, 0.6) is 11.5 Å². The van der Waals surface area contributed by atoms with Crippen LogP contribution < -0.4 is 10.1 Å². The number of non-ortho nitro benzene ring substituents is 1. The molecule has 2 aromatic heterocycles. The number of para-hydroxylation sites is 1. The number of carbonyl (C=O) groups is 1. The van der Waals surface area contributed by atoms with Crippen molar-refractivity contribution in [2.75, 3.05) is 5.32 Å². The Balaban J connectivity index is 1.55. The maximum Gasteiger partial charge on any atom is 0.275 e. The van der Waals surface area contributed by atoms with Crippen molar-refractivity contribution in [3.8, 4) is 22.8 Å². The minimum atomic E-state index is -0.570. The minimum absolute atomic E-state index is 0.116. The Morgan fingerprint density at radius 3 is 2.51 bits per heavy atom. The molecule has 196 valence electrons. The first-order valence-corrected chi connectivity index (χ1v) is 12.5. The van der Waals surface area contributed by atoms with Crippen molar-refractivity contribution < 1.29 is 14.5 Å². The Morgan fingerprint density at radius 1 is 1.05 bits per heavy atom. The van der Waals surface area contributed by atoms with Gasteiger partial charge in [-0.1, -0.05) is 41.4 Å². The van der Waals surface area contributed by atoms with Crippen LogP contribution in [0.25, 0.3) is 22.2 Å². The predicted octanol–water partition coefficient (Wildman–Crippen LogP) is 7.51. The zero-order chi connectivity index (χ0) is 27.8. The predicted molar refractivity (Wildman–Crippen MR) is 151 cm³/mol. The molecule has 11 heteroatoms. The average molecular weight is 562 g/mol. The summed E-state index contributed by atoms with van der Waals surface area (Å²) in [5.74, 6) is -0.0959. The first-order valence-electron chi connectivity index (χ1n) is 11.7. The van der Waals surface area contributed by atoms with E-state index in [1.807, 2.05) is 39.1 Å². The van der Waals surface area contributed by atoms with E-state index in [1.165, 1.54) is 24.3 Å². The van der Waals surface area contributed by atoms with E-state index in [0.717, 1.165) is 17.0 Å². The highest BCUT2D eigenvalue weighted by Gasteiger charge is 2.20. The molecular weight excluding hydrogens is 541 g/mol. The molecule has 0 saturated heterocycles. The average Bonchev–Trinajstić information content (AvgIpc) is 3.15. The van der Waals surface area contributed by atoms with Gasteiger partial charge in [0.05, 0.1) is 44.2 Å². The quantitative estimate of drug-likeness (QED) is 0.169. The molecule has 2 heterocycles. The van der Waals surface area contributed by atoms with Crippen LogP contribution in [0.2, 0.25) is 10.0 Å². The molecule has 1 amide bonds. The van der Waals surface area contributed by atoms with E-state index in [1.54, 1.807) is 28.9 Å². The normalized spacial score (nSPS) is 11.0. The third-order valence-corrected chi connectivity index (χ3v) is 6.74. The number of hydrogen-bond acceptors (Lipinski definition) is 6. The van der Waals surface area contributed by atoms with Gasteiger partial charge in [-0.2, -0.15) is 5.10 Å². The zero-order valence-corrected chi connectivity index (χ0v) is 22.5. The molecule has 0 aliphatic rings. The molecule has 0 saturated carbocycles. The number of fused-ring (bicyclic) bond motifs is 1. The number of nitrogens with zero attached hydrogens (tertiary/aromatic N) is 4. The number of amides is 1. The van der Waals surface area contributed by atoms with Crippen molar-refractivity contribution in [3.63, 3.8) is 0 Å². The highest BCUT2D eigenvalue weighted by molar-refractivity contribution is 6.35. The van der Waals surface area contributed by atoms with E-state index in [0.29, 0.717) is 27.2 Å². The number of carbonyl (C=O) groups excluding carboxylic acids is 1. The summed E-state index contributed by atoms with van der Waals surface area (Å²) in [7, 11) is 1.85. The highest BCUT2D eigenvalue weighted by atomic mass is 35.5. The van der Waals surface area contributed by atoms with Crippen molar-refractivity contribution in [2.45, 2.75) is 13.8 Å². The molecule has 0 bridgehead atoms. The third kappa shape index (κ3) is 5.27. The fraction of sp³-hybridized carbons (Fsp3) is 0.107. The van der Waals surface area contributed by atoms with Crippen LogP contribution in [0.15, 0.2) is 66.7 Å². The van der Waals surface area contributed by atoms with Gasteiger partial charge in [0.2, 0.25) is 0 Å². The molecular formula is C28H21Cl2N5O4. The number of rotatable bonds is 6. The van der Waals surface area contributed by atoms with Crippen LogP contribution >= 0.6 is 23.2 Å². The molecule has 0 atom stereocenters. The molecule has 0 radical (unpaired) electrons. The lowest BCUT2D eigenvalue weighted by Crippen LogP contribution is -2.13. The Labute approximate surface area is 233 Å². The Hall–Kier alpha value is -4.47. The van der Waals surface area contributed by atoms with Crippen LogP contribution in [0, 0.1) is 24.0 Å². The van der Waals surface area contributed by atoms with E-state index in [2.05, 4.69) is 10.4 Å². The second-order valence-electron chi connectivity index (χ2n) is 8.85. The number of hydrogen-bond donors (Lipinski definition) is 1. The lowest BCUT2D eigenvalue weighted by molar-refractivity contribution is -0.384. The maximum absolute atomic E-state index is 13.6. The second-order valence-corrected chi connectivity index (χ2v) is 9.69. The van der Waals surface area contributed by atoms with Crippen molar-refractivity contribution in [2.24, 2.45) is 7.05 Å². The van der Waals surface area contributed by atoms with Gasteiger partial charge < -0.3 is 10.1 Å². The molecule has 0 aliphatic carbocycles. The Bertz CT molecular complexity index is 1780. The summed E-state index contributed by atoms with van der Waals surface area (Å²) in [4.78, 5) is 29.5. The number of benzene rings is 3. The Morgan fingerprint density at radius 2 is 1.82 bits per heavy atom. The molecule has 0 aliphatic heterocycles. The summed E-state index contributed by atoms with van der Waals surface area (Å²) in [5.41, 5.74) is 4.01. The van der Waals surface area contributed by atoms with Crippen LogP contribution in [0.3, 0.4) is 0 Å². The number of ether oxygens (including phenoxy) is 1. The van der Waals surface area contributed by atoms with Gasteiger partial charge in [0.25, 0.3) is 11.6 Å². The fourth-order valence-corrected chi connectivity index (χ4v) is 4.79. The summed E-state index contributed by atoms with van der Waals surface area (Å²) in [6, 6.07) is 17.6. The first-order chi connectivity index (χ1) is 18.6. The van der Waals surface area contributed by atoms with Crippen LogP contribution in [0.4, 0.5) is 11.4 Å². The number of nitrogens with one attached hydrogen (secondary N) is 1. The number of anilines is 1. The third-order valence-electron chi connectivity index (χ3n) is 6.21. The lowest BCUT2D eigenvalue weighted by Gasteiger charge is -2.13. The molecule has 0 unspecified atom stereocenters. The number of aryl methyl sites for hydroxylation is 2. The summed E-state index contributed by atoms with van der Waals surface area (Å²) >= 11 is 12.2. The van der Waals surface area contributed by atoms with Gasteiger partial charge in [-0.15, -0.1) is 0 Å². The van der Waals surface area contributed by atoms with E-state index in [4.69, 9.17) is 32.9 Å². The van der Waals surface area contributed by atoms with Gasteiger partial charge in [-0.25, -0.2) is 4.98 Å². The molecule has 0 fully saturated rings. The second kappa shape index (κ2) is 10.4. The first kappa shape index (κ1) is 26.1. The van der Waals surface area contributed by atoms with E-state index < -0.39 is 10.8 Å². The van der Waals surface area contributed by atoms with Crippen LogP contribution in [0.1, 0.15) is 21.7 Å². The van der Waals surface area contributed by atoms with E-state index >= 15 is 0 Å². The van der Waals surface area contributed by atoms with Gasteiger partial charge in [-0.05, 0) is 44.2 Å². The maximum atomic E-state index is 13.6. The van der Waals surface area contributed by atoms with Crippen LogP contribution in [-0.2, 0) is 7.05 Å². The summed E-state index contributed by atoms with van der Waals surface area (Å²) < 4.78 is 7.56. The number of nitro benzene ring substituents is 1. The molecule has 39 heavy (non-hydrogen) atoms. The molecule has 0 spiro atoms. The van der Waals surface area contributed by atoms with Crippen molar-refractivity contribution in [1.29, 1.82) is 0 Å². The standard InChI is InChI=1S/C28H21Cl2N5O4/c1-15-27(16(2)34(3)33-15)25-14-22(21-6-4-5-7-24(21)32-25)28(36)31-18-11-19(35(37)38)13-20(12-18)39-26-9-8-17(29)10-23(26)30/h4-14H,1-3H3,(H,31,36). The largest absolute Gasteiger partial charge is 0.455 e. The van der Waals surface area contributed by atoms with Crippen LogP contribution in [-0.4, -0.2) is 25.6 Å². The Kier molecular flexibility index (Phi) is 6.94. The molecule has 3 aromatic carbocycles. The number of halogens is 2. The zero-order valence-electron chi connectivity index (χ0n) is 21.0. The van der Waals surface area contributed by atoms with Crippen molar-refractivity contribution >= 4 is 51.4 Å². The summed E-state index contributed by atoms with van der Waals surface area (Å²) in [6.45, 7) is 3.82. The van der Waals surface area contributed by atoms with E-state index in [9.17, 15) is 14.9 Å². The van der Waals surface area contributed by atoms with E-state index in [-0.39, 0.29) is 27.9 Å². The monoisotopic (exact) mass is 561 g/mol. The molecule has 1 N–H and O–H groups in total. The molecule has 5 aromatic rings. The number of nitro groups is 1. The molecule has 5 rings (SSSR count). The topological polar surface area (TPSA) is 112 Å². The van der Waals surface area contributed by atoms with Gasteiger partial charge in [0, 0.05) is 40.8 Å². The number of pyridine rings is 1. The SMILES string of the molecule is Cc1nn(C)c(C)c1-c1cc(C(=O)Nc2cc(Oc3ccc(Cl)cc3Cl)cc([N+](=O)[O-])c2)c2ccccc2n1. The highest BCUT2D eigenvalue weighted by Crippen LogP contribution is 2.35. The molecule has 9 nitrogen and oxygen atoms in total. The smallest absolute Gasteiger partial charge is 0.275 e. The summed E-state index contributed by atoms with van der Waals surface area (Å²) in [5, 5.41) is 20.2. The van der Waals surface area contributed by atoms with Gasteiger partial charge in [0.15, 0.2) is 0 Å². The number of aromatic nitrogens is 3. The minimum Gasteiger partial charge on any atom is -0.455 e. The van der Waals surface area contributed by atoms with Gasteiger partial charge >= 0.3 is 0 Å². The van der Waals surface area contributed by atoms with Crippen molar-refractivity contribution in [1.82, 2.24) is 14.8 Å². The lowest BCUT2D eigenvalue weighted by atomic mass is 10.0. The summed E-state index contributed by atoms with van der Waals surface area (Å²) in [6.07, 6.45) is 0.